The first-order chi connectivity index (χ1) is 12.3. The van der Waals surface area contributed by atoms with Crippen molar-refractivity contribution in [2.24, 2.45) is 0 Å². The Morgan fingerprint density at radius 3 is 2.69 bits per heavy atom. The van der Waals surface area contributed by atoms with E-state index < -0.39 is 5.97 Å². The summed E-state index contributed by atoms with van der Waals surface area (Å²) in [6, 6.07) is 7.16. The Labute approximate surface area is 152 Å². The molecule has 1 fully saturated rings. The molecule has 6 heteroatoms. The number of benzene rings is 1. The summed E-state index contributed by atoms with van der Waals surface area (Å²) in [6.45, 7) is 6.25. The minimum Gasteiger partial charge on any atom is -0.422 e. The van der Waals surface area contributed by atoms with Crippen LogP contribution in [0.3, 0.4) is 0 Å². The Morgan fingerprint density at radius 2 is 2.00 bits per heavy atom. The van der Waals surface area contributed by atoms with E-state index in [2.05, 4.69) is 31.2 Å². The molecule has 4 rings (SSSR count). The molecular weight excluding hydrogens is 330 g/mol. The van der Waals surface area contributed by atoms with Gasteiger partial charge >= 0.3 is 5.97 Å². The van der Waals surface area contributed by atoms with Gasteiger partial charge in [-0.1, -0.05) is 0 Å². The summed E-state index contributed by atoms with van der Waals surface area (Å²) in [4.78, 5) is 24.0. The number of amides is 1. The van der Waals surface area contributed by atoms with Crippen LogP contribution < -0.4 is 10.1 Å². The fraction of sp³-hybridized carbons (Fsp3) is 0.450. The molecule has 1 aliphatic heterocycles. The fourth-order valence-electron chi connectivity index (χ4n) is 3.29. The monoisotopic (exact) mass is 353 g/mol. The molecular formula is C20H23N3O3. The van der Waals surface area contributed by atoms with Crippen LogP contribution in [0.2, 0.25) is 0 Å². The predicted octanol–water partition coefficient (Wildman–Crippen LogP) is 3.62. The first-order valence-electron chi connectivity index (χ1n) is 9.06. The highest BCUT2D eigenvalue weighted by atomic mass is 16.5. The van der Waals surface area contributed by atoms with Gasteiger partial charge in [-0.05, 0) is 69.9 Å². The third kappa shape index (κ3) is 3.23. The number of nitrogens with one attached hydrogen (secondary N) is 1. The quantitative estimate of drug-likeness (QED) is 0.676. The van der Waals surface area contributed by atoms with Gasteiger partial charge in [0, 0.05) is 23.7 Å². The zero-order valence-electron chi connectivity index (χ0n) is 15.3. The Balaban J connectivity index is 1.56. The van der Waals surface area contributed by atoms with E-state index in [0.717, 1.165) is 29.8 Å². The van der Waals surface area contributed by atoms with Gasteiger partial charge in [-0.3, -0.25) is 9.48 Å². The zero-order valence-corrected chi connectivity index (χ0v) is 15.3. The van der Waals surface area contributed by atoms with Crippen LogP contribution in [0.5, 0.6) is 5.75 Å². The molecule has 1 aromatic carbocycles. The molecule has 1 amide bonds. The number of ether oxygens (including phenoxy) is 1. The SMILES string of the molecule is CC(C)(C)n1nc(C(=O)Oc2ccc3c(c2)CCC(=O)N3)cc1C1CC1. The van der Waals surface area contributed by atoms with Gasteiger partial charge in [0.05, 0.1) is 5.54 Å². The van der Waals surface area contributed by atoms with Gasteiger partial charge in [0.2, 0.25) is 5.91 Å². The lowest BCUT2D eigenvalue weighted by molar-refractivity contribution is -0.116. The van der Waals surface area contributed by atoms with Crippen LogP contribution in [-0.2, 0) is 16.8 Å². The number of fused-ring (bicyclic) bond motifs is 1. The summed E-state index contributed by atoms with van der Waals surface area (Å²) in [5.41, 5.74) is 3.04. The lowest BCUT2D eigenvalue weighted by Crippen LogP contribution is -2.25. The molecule has 2 heterocycles. The Hall–Kier alpha value is -2.63. The van der Waals surface area contributed by atoms with Crippen molar-refractivity contribution in [3.8, 4) is 5.75 Å². The minimum absolute atomic E-state index is 0.0163. The number of nitrogens with zero attached hydrogens (tertiary/aromatic N) is 2. The summed E-state index contributed by atoms with van der Waals surface area (Å²) in [7, 11) is 0. The summed E-state index contributed by atoms with van der Waals surface area (Å²) in [5, 5.41) is 7.35. The molecule has 1 aromatic heterocycles. The summed E-state index contributed by atoms with van der Waals surface area (Å²) >= 11 is 0. The number of carbonyl (C=O) groups excluding carboxylic acids is 2. The minimum atomic E-state index is -0.449. The zero-order chi connectivity index (χ0) is 18.5. The topological polar surface area (TPSA) is 73.2 Å². The average Bonchev–Trinajstić information content (AvgIpc) is 3.31. The highest BCUT2D eigenvalue weighted by Gasteiger charge is 2.33. The van der Waals surface area contributed by atoms with Crippen LogP contribution in [-0.4, -0.2) is 21.7 Å². The average molecular weight is 353 g/mol. The number of aromatic nitrogens is 2. The van der Waals surface area contributed by atoms with Gasteiger partial charge in [0.1, 0.15) is 5.75 Å². The number of esters is 1. The van der Waals surface area contributed by atoms with E-state index in [9.17, 15) is 9.59 Å². The number of hydrogen-bond acceptors (Lipinski definition) is 4. The van der Waals surface area contributed by atoms with Crippen molar-refractivity contribution in [2.75, 3.05) is 5.32 Å². The Morgan fingerprint density at radius 1 is 1.23 bits per heavy atom. The molecule has 1 aliphatic carbocycles. The van der Waals surface area contributed by atoms with E-state index in [4.69, 9.17) is 4.74 Å². The van der Waals surface area contributed by atoms with Crippen molar-refractivity contribution < 1.29 is 14.3 Å². The first-order valence-corrected chi connectivity index (χ1v) is 9.06. The molecule has 26 heavy (non-hydrogen) atoms. The van der Waals surface area contributed by atoms with Crippen molar-refractivity contribution in [1.82, 2.24) is 9.78 Å². The number of rotatable bonds is 3. The van der Waals surface area contributed by atoms with E-state index in [-0.39, 0.29) is 11.4 Å². The second kappa shape index (κ2) is 5.97. The summed E-state index contributed by atoms with van der Waals surface area (Å²) < 4.78 is 7.50. The van der Waals surface area contributed by atoms with Crippen molar-refractivity contribution in [1.29, 1.82) is 0 Å². The molecule has 2 aliphatic rings. The molecule has 2 aromatic rings. The van der Waals surface area contributed by atoms with E-state index in [1.165, 1.54) is 0 Å². The van der Waals surface area contributed by atoms with Crippen molar-refractivity contribution in [3.05, 3.63) is 41.2 Å². The summed E-state index contributed by atoms with van der Waals surface area (Å²) in [6.07, 6.45) is 3.39. The lowest BCUT2D eigenvalue weighted by atomic mass is 10.0. The second-order valence-corrected chi connectivity index (χ2v) is 8.07. The Kier molecular flexibility index (Phi) is 3.86. The largest absolute Gasteiger partial charge is 0.422 e. The molecule has 0 saturated heterocycles. The molecule has 0 spiro atoms. The number of anilines is 1. The fourth-order valence-corrected chi connectivity index (χ4v) is 3.29. The Bertz CT molecular complexity index is 888. The van der Waals surface area contributed by atoms with Crippen molar-refractivity contribution >= 4 is 17.6 Å². The van der Waals surface area contributed by atoms with Gasteiger partial charge in [-0.25, -0.2) is 4.79 Å². The molecule has 1 saturated carbocycles. The van der Waals surface area contributed by atoms with E-state index in [1.54, 1.807) is 12.1 Å². The van der Waals surface area contributed by atoms with Crippen LogP contribution in [0.4, 0.5) is 5.69 Å². The van der Waals surface area contributed by atoms with Gasteiger partial charge in [-0.2, -0.15) is 5.10 Å². The predicted molar refractivity (Wildman–Crippen MR) is 97.5 cm³/mol. The van der Waals surface area contributed by atoms with E-state index in [0.29, 0.717) is 30.2 Å². The van der Waals surface area contributed by atoms with Crippen molar-refractivity contribution in [3.63, 3.8) is 0 Å². The first kappa shape index (κ1) is 16.8. The van der Waals surface area contributed by atoms with Crippen LogP contribution in [0.25, 0.3) is 0 Å². The molecule has 136 valence electrons. The van der Waals surface area contributed by atoms with Crippen LogP contribution in [0.15, 0.2) is 24.3 Å². The van der Waals surface area contributed by atoms with Crippen LogP contribution in [0.1, 0.15) is 67.7 Å². The molecule has 0 atom stereocenters. The molecule has 0 bridgehead atoms. The standard InChI is InChI=1S/C20H23N3O3/c1-20(2,3)23-17(12-4-5-12)11-16(22-23)19(25)26-14-7-8-15-13(10-14)6-9-18(24)21-15/h7-8,10-12H,4-6,9H2,1-3H3,(H,21,24). The van der Waals surface area contributed by atoms with E-state index >= 15 is 0 Å². The summed E-state index contributed by atoms with van der Waals surface area (Å²) in [5.74, 6) is 0.538. The second-order valence-electron chi connectivity index (χ2n) is 8.07. The third-order valence-electron chi connectivity index (χ3n) is 4.76. The van der Waals surface area contributed by atoms with Crippen molar-refractivity contribution in [2.45, 2.75) is 57.9 Å². The maximum absolute atomic E-state index is 12.6. The number of aryl methyl sites for hydroxylation is 1. The van der Waals surface area contributed by atoms with Gasteiger partial charge in [-0.15, -0.1) is 0 Å². The highest BCUT2D eigenvalue weighted by Crippen LogP contribution is 2.41. The molecule has 0 unspecified atom stereocenters. The normalized spacial score (nSPS) is 16.8. The molecule has 1 N–H and O–H groups in total. The highest BCUT2D eigenvalue weighted by molar-refractivity contribution is 5.94. The molecule has 6 nitrogen and oxygen atoms in total. The third-order valence-corrected chi connectivity index (χ3v) is 4.76. The maximum Gasteiger partial charge on any atom is 0.364 e. The number of hydrogen-bond donors (Lipinski definition) is 1. The van der Waals surface area contributed by atoms with E-state index in [1.807, 2.05) is 16.8 Å². The maximum atomic E-state index is 12.6. The van der Waals surface area contributed by atoms with Crippen LogP contribution in [0, 0.1) is 0 Å². The van der Waals surface area contributed by atoms with Crippen LogP contribution >= 0.6 is 0 Å². The van der Waals surface area contributed by atoms with Gasteiger partial charge in [0.15, 0.2) is 5.69 Å². The van der Waals surface area contributed by atoms with Gasteiger partial charge < -0.3 is 10.1 Å². The molecule has 0 radical (unpaired) electrons. The number of carbonyl (C=O) groups is 2. The smallest absolute Gasteiger partial charge is 0.364 e. The van der Waals surface area contributed by atoms with Gasteiger partial charge in [0.25, 0.3) is 0 Å². The lowest BCUT2D eigenvalue weighted by Gasteiger charge is -2.22.